The van der Waals surface area contributed by atoms with Crippen LogP contribution in [-0.4, -0.2) is 56.4 Å². The second-order valence-corrected chi connectivity index (χ2v) is 4.89. The quantitative estimate of drug-likeness (QED) is 0.576. The molecule has 0 aromatic heterocycles. The maximum absolute atomic E-state index is 12.2. The van der Waals surface area contributed by atoms with Crippen LogP contribution in [0.4, 0.5) is 0 Å². The summed E-state index contributed by atoms with van der Waals surface area (Å²) in [5.74, 6) is 0.394. The van der Waals surface area contributed by atoms with Crippen LogP contribution in [0.15, 0.2) is 0 Å². The molecule has 0 aromatic carbocycles. The molecule has 1 atom stereocenters. The molecule has 0 aliphatic rings. The summed E-state index contributed by atoms with van der Waals surface area (Å²) in [4.78, 5) is 14.0. The Hall–Kier alpha value is -0.650. The van der Waals surface area contributed by atoms with Gasteiger partial charge in [0.05, 0.1) is 13.2 Å². The molecule has 0 fully saturated rings. The maximum atomic E-state index is 12.2. The third kappa shape index (κ3) is 8.97. The number of hydrogen-bond acceptors (Lipinski definition) is 4. The van der Waals surface area contributed by atoms with E-state index in [-0.39, 0.29) is 11.9 Å². The Balaban J connectivity index is 4.23. The lowest BCUT2D eigenvalue weighted by Gasteiger charge is -2.25. The van der Waals surface area contributed by atoms with Gasteiger partial charge in [0.2, 0.25) is 5.91 Å². The van der Waals surface area contributed by atoms with Gasteiger partial charge in [0.1, 0.15) is 0 Å². The van der Waals surface area contributed by atoms with Crippen molar-refractivity contribution in [2.45, 2.75) is 40.2 Å². The summed E-state index contributed by atoms with van der Waals surface area (Å²) < 4.78 is 10.6. The van der Waals surface area contributed by atoms with Crippen LogP contribution in [-0.2, 0) is 14.3 Å². The van der Waals surface area contributed by atoms with Crippen molar-refractivity contribution in [3.63, 3.8) is 0 Å². The molecule has 2 N–H and O–H groups in total. The Morgan fingerprint density at radius 1 is 1.11 bits per heavy atom. The molecule has 0 spiro atoms. The average molecular weight is 274 g/mol. The third-order valence-electron chi connectivity index (χ3n) is 3.04. The van der Waals surface area contributed by atoms with Crippen molar-refractivity contribution in [2.75, 3.05) is 39.5 Å². The van der Waals surface area contributed by atoms with Gasteiger partial charge in [-0.15, -0.1) is 0 Å². The topological polar surface area (TPSA) is 64.8 Å². The van der Waals surface area contributed by atoms with E-state index in [2.05, 4.69) is 0 Å². The molecule has 19 heavy (non-hydrogen) atoms. The summed E-state index contributed by atoms with van der Waals surface area (Å²) in [7, 11) is 0. The minimum absolute atomic E-state index is 0.0839. The van der Waals surface area contributed by atoms with Crippen LogP contribution in [0.2, 0.25) is 0 Å². The molecule has 0 radical (unpaired) electrons. The van der Waals surface area contributed by atoms with Crippen molar-refractivity contribution in [2.24, 2.45) is 11.7 Å². The lowest BCUT2D eigenvalue weighted by Crippen LogP contribution is -2.41. The lowest BCUT2D eigenvalue weighted by atomic mass is 10.0. The molecule has 0 aliphatic heterocycles. The molecule has 0 bridgehead atoms. The molecule has 1 unspecified atom stereocenters. The Morgan fingerprint density at radius 2 is 1.58 bits per heavy atom. The molecule has 0 saturated heterocycles. The van der Waals surface area contributed by atoms with Crippen LogP contribution >= 0.6 is 0 Å². The monoisotopic (exact) mass is 274 g/mol. The number of nitrogens with zero attached hydrogens (tertiary/aromatic N) is 1. The van der Waals surface area contributed by atoms with Gasteiger partial charge in [-0.2, -0.15) is 0 Å². The van der Waals surface area contributed by atoms with Crippen LogP contribution in [0.1, 0.15) is 34.1 Å². The number of amides is 1. The van der Waals surface area contributed by atoms with Gasteiger partial charge < -0.3 is 20.1 Å². The SMILES string of the molecule is CCOCCN(CCOCC)C(=O)CC(N)C(C)C. The summed E-state index contributed by atoms with van der Waals surface area (Å²) in [5.41, 5.74) is 5.95. The zero-order chi connectivity index (χ0) is 14.7. The third-order valence-corrected chi connectivity index (χ3v) is 3.04. The smallest absolute Gasteiger partial charge is 0.224 e. The second-order valence-electron chi connectivity index (χ2n) is 4.89. The zero-order valence-electron chi connectivity index (χ0n) is 12.9. The standard InChI is InChI=1S/C14H30N2O3/c1-5-18-9-7-16(8-10-19-6-2)14(17)11-13(15)12(3)4/h12-13H,5-11,15H2,1-4H3. The molecule has 114 valence electrons. The minimum Gasteiger partial charge on any atom is -0.380 e. The van der Waals surface area contributed by atoms with Crippen molar-refractivity contribution < 1.29 is 14.3 Å². The van der Waals surface area contributed by atoms with Gasteiger partial charge in [0.15, 0.2) is 0 Å². The fourth-order valence-electron chi connectivity index (χ4n) is 1.57. The van der Waals surface area contributed by atoms with Crippen molar-refractivity contribution in [1.82, 2.24) is 4.90 Å². The van der Waals surface area contributed by atoms with Gasteiger partial charge in [0, 0.05) is 38.8 Å². The maximum Gasteiger partial charge on any atom is 0.224 e. The Bertz CT molecular complexity index is 225. The van der Waals surface area contributed by atoms with E-state index in [1.165, 1.54) is 0 Å². The van der Waals surface area contributed by atoms with Gasteiger partial charge in [0.25, 0.3) is 0 Å². The highest BCUT2D eigenvalue weighted by Crippen LogP contribution is 2.06. The molecular formula is C14H30N2O3. The van der Waals surface area contributed by atoms with Crippen LogP contribution < -0.4 is 5.73 Å². The summed E-state index contributed by atoms with van der Waals surface area (Å²) in [6, 6.07) is -0.0887. The van der Waals surface area contributed by atoms with Crippen LogP contribution in [0.25, 0.3) is 0 Å². The first kappa shape index (κ1) is 18.4. The van der Waals surface area contributed by atoms with E-state index >= 15 is 0 Å². The molecular weight excluding hydrogens is 244 g/mol. The van der Waals surface area contributed by atoms with E-state index in [1.807, 2.05) is 27.7 Å². The Kier molecular flexibility index (Phi) is 10.8. The highest BCUT2D eigenvalue weighted by molar-refractivity contribution is 5.76. The van der Waals surface area contributed by atoms with E-state index in [4.69, 9.17) is 15.2 Å². The first-order chi connectivity index (χ1) is 9.02. The zero-order valence-corrected chi connectivity index (χ0v) is 12.9. The van der Waals surface area contributed by atoms with E-state index in [9.17, 15) is 4.79 Å². The van der Waals surface area contributed by atoms with Crippen LogP contribution in [0, 0.1) is 5.92 Å². The van der Waals surface area contributed by atoms with Crippen molar-refractivity contribution in [1.29, 1.82) is 0 Å². The highest BCUT2D eigenvalue weighted by atomic mass is 16.5. The Morgan fingerprint density at radius 3 is 1.95 bits per heavy atom. The fourth-order valence-corrected chi connectivity index (χ4v) is 1.57. The van der Waals surface area contributed by atoms with Gasteiger partial charge in [-0.3, -0.25) is 4.79 Å². The largest absolute Gasteiger partial charge is 0.380 e. The summed E-state index contributed by atoms with van der Waals surface area (Å²) >= 11 is 0. The van der Waals surface area contributed by atoms with Crippen molar-refractivity contribution in [3.05, 3.63) is 0 Å². The predicted molar refractivity (Wildman–Crippen MR) is 77.0 cm³/mol. The summed E-state index contributed by atoms with van der Waals surface area (Å²) in [6.07, 6.45) is 0.385. The van der Waals surface area contributed by atoms with E-state index < -0.39 is 0 Å². The molecule has 5 heteroatoms. The number of nitrogens with two attached hydrogens (primary N) is 1. The fraction of sp³-hybridized carbons (Fsp3) is 0.929. The number of hydrogen-bond donors (Lipinski definition) is 1. The van der Waals surface area contributed by atoms with E-state index in [0.29, 0.717) is 51.9 Å². The van der Waals surface area contributed by atoms with Gasteiger partial charge >= 0.3 is 0 Å². The molecule has 0 saturated carbocycles. The van der Waals surface area contributed by atoms with Gasteiger partial charge in [-0.25, -0.2) is 0 Å². The molecule has 0 aromatic rings. The number of ether oxygens (including phenoxy) is 2. The molecule has 0 rings (SSSR count). The van der Waals surface area contributed by atoms with Crippen molar-refractivity contribution in [3.8, 4) is 0 Å². The minimum atomic E-state index is -0.0887. The lowest BCUT2D eigenvalue weighted by molar-refractivity contribution is -0.133. The van der Waals surface area contributed by atoms with Crippen molar-refractivity contribution >= 4 is 5.91 Å². The van der Waals surface area contributed by atoms with Gasteiger partial charge in [-0.05, 0) is 19.8 Å². The first-order valence-corrected chi connectivity index (χ1v) is 7.21. The average Bonchev–Trinajstić information content (AvgIpc) is 2.37. The number of carbonyl (C=O) groups is 1. The van der Waals surface area contributed by atoms with Gasteiger partial charge in [-0.1, -0.05) is 13.8 Å². The summed E-state index contributed by atoms with van der Waals surface area (Å²) in [5, 5.41) is 0. The molecule has 0 heterocycles. The molecule has 1 amide bonds. The van der Waals surface area contributed by atoms with E-state index in [1.54, 1.807) is 4.90 Å². The first-order valence-electron chi connectivity index (χ1n) is 7.21. The number of rotatable bonds is 11. The predicted octanol–water partition coefficient (Wildman–Crippen LogP) is 1.26. The molecule has 5 nitrogen and oxygen atoms in total. The Labute approximate surface area is 117 Å². The van der Waals surface area contributed by atoms with Crippen LogP contribution in [0.5, 0.6) is 0 Å². The van der Waals surface area contributed by atoms with Crippen LogP contribution in [0.3, 0.4) is 0 Å². The summed E-state index contributed by atoms with van der Waals surface area (Å²) in [6.45, 7) is 11.6. The van der Waals surface area contributed by atoms with E-state index in [0.717, 1.165) is 0 Å². The second kappa shape index (κ2) is 11.2. The number of carbonyl (C=O) groups excluding carboxylic acids is 1. The highest BCUT2D eigenvalue weighted by Gasteiger charge is 2.18. The molecule has 0 aliphatic carbocycles. The normalized spacial score (nSPS) is 12.7.